The normalized spacial score (nSPS) is 27.8. The van der Waals surface area contributed by atoms with Crippen molar-refractivity contribution < 1.29 is 9.50 Å². The number of halogens is 2. The molecule has 1 fully saturated rings. The van der Waals surface area contributed by atoms with E-state index in [1.54, 1.807) is 12.1 Å². The van der Waals surface area contributed by atoms with Gasteiger partial charge in [-0.3, -0.25) is 0 Å². The molecule has 0 bridgehead atoms. The number of hydrogen-bond acceptors (Lipinski definition) is 1. The highest BCUT2D eigenvalue weighted by molar-refractivity contribution is 6.30. The van der Waals surface area contributed by atoms with Gasteiger partial charge in [0, 0.05) is 11.4 Å². The van der Waals surface area contributed by atoms with Crippen LogP contribution in [0.5, 0.6) is 0 Å². The Balaban J connectivity index is 2.14. The van der Waals surface area contributed by atoms with E-state index in [4.69, 9.17) is 11.6 Å². The van der Waals surface area contributed by atoms with Crippen LogP contribution in [-0.2, 0) is 6.42 Å². The lowest BCUT2D eigenvalue weighted by atomic mass is 9.71. The molecule has 3 heteroatoms. The molecule has 1 saturated carbocycles. The van der Waals surface area contributed by atoms with Gasteiger partial charge in [0.1, 0.15) is 5.82 Å². The second kappa shape index (κ2) is 5.80. The molecule has 1 aromatic carbocycles. The van der Waals surface area contributed by atoms with Crippen molar-refractivity contribution in [2.24, 2.45) is 11.8 Å². The van der Waals surface area contributed by atoms with Crippen LogP contribution in [0.4, 0.5) is 4.39 Å². The average Bonchev–Trinajstić information content (AvgIpc) is 2.33. The van der Waals surface area contributed by atoms with E-state index in [1.807, 2.05) is 0 Å². The molecule has 2 rings (SSSR count). The Bertz CT molecular complexity index is 446. The van der Waals surface area contributed by atoms with Crippen molar-refractivity contribution >= 4 is 11.6 Å². The van der Waals surface area contributed by atoms with E-state index in [-0.39, 0.29) is 5.82 Å². The van der Waals surface area contributed by atoms with Crippen LogP contribution < -0.4 is 0 Å². The van der Waals surface area contributed by atoms with E-state index in [0.29, 0.717) is 28.8 Å². The summed E-state index contributed by atoms with van der Waals surface area (Å²) in [7, 11) is 0. The molecule has 1 aliphatic carbocycles. The van der Waals surface area contributed by atoms with Gasteiger partial charge in [-0.25, -0.2) is 4.39 Å². The van der Waals surface area contributed by atoms with Crippen molar-refractivity contribution in [3.05, 3.63) is 34.6 Å². The third-order valence-corrected chi connectivity index (χ3v) is 4.56. The van der Waals surface area contributed by atoms with Gasteiger partial charge in [0.25, 0.3) is 0 Å². The monoisotopic (exact) mass is 284 g/mol. The Labute approximate surface area is 119 Å². The lowest BCUT2D eigenvalue weighted by Crippen LogP contribution is -2.39. The quantitative estimate of drug-likeness (QED) is 0.860. The lowest BCUT2D eigenvalue weighted by molar-refractivity contribution is -0.0245. The molecule has 2 atom stereocenters. The van der Waals surface area contributed by atoms with Crippen LogP contribution in [0.3, 0.4) is 0 Å². The van der Waals surface area contributed by atoms with E-state index in [9.17, 15) is 9.50 Å². The molecule has 19 heavy (non-hydrogen) atoms. The molecular weight excluding hydrogens is 263 g/mol. The summed E-state index contributed by atoms with van der Waals surface area (Å²) < 4.78 is 13.8. The van der Waals surface area contributed by atoms with Gasteiger partial charge in [0.2, 0.25) is 0 Å². The fourth-order valence-corrected chi connectivity index (χ4v) is 3.34. The van der Waals surface area contributed by atoms with Crippen molar-refractivity contribution in [1.82, 2.24) is 0 Å². The van der Waals surface area contributed by atoms with Gasteiger partial charge in [0.05, 0.1) is 5.60 Å². The minimum Gasteiger partial charge on any atom is -0.390 e. The van der Waals surface area contributed by atoms with Gasteiger partial charge in [-0.05, 0) is 54.9 Å². The number of benzene rings is 1. The van der Waals surface area contributed by atoms with Crippen molar-refractivity contribution in [1.29, 1.82) is 0 Å². The fourth-order valence-electron chi connectivity index (χ4n) is 3.15. The van der Waals surface area contributed by atoms with Crippen molar-refractivity contribution in [3.8, 4) is 0 Å². The summed E-state index contributed by atoms with van der Waals surface area (Å²) in [5.41, 5.74) is -0.252. The van der Waals surface area contributed by atoms with Gasteiger partial charge < -0.3 is 5.11 Å². The smallest absolute Gasteiger partial charge is 0.126 e. The molecule has 0 aromatic heterocycles. The average molecular weight is 285 g/mol. The second-order valence-electron chi connectivity index (χ2n) is 6.24. The molecule has 1 aromatic rings. The van der Waals surface area contributed by atoms with E-state index in [0.717, 1.165) is 25.7 Å². The summed E-state index contributed by atoms with van der Waals surface area (Å²) in [5, 5.41) is 11.3. The minimum absolute atomic E-state index is 0.274. The zero-order valence-electron chi connectivity index (χ0n) is 11.6. The summed E-state index contributed by atoms with van der Waals surface area (Å²) in [6.45, 7) is 4.38. The van der Waals surface area contributed by atoms with Crippen LogP contribution in [0, 0.1) is 17.7 Å². The van der Waals surface area contributed by atoms with Crippen molar-refractivity contribution in [2.45, 2.75) is 51.6 Å². The summed E-state index contributed by atoms with van der Waals surface area (Å²) in [5.74, 6) is 0.821. The van der Waals surface area contributed by atoms with Gasteiger partial charge >= 0.3 is 0 Å². The first-order valence-electron chi connectivity index (χ1n) is 7.06. The second-order valence-corrected chi connectivity index (χ2v) is 6.67. The predicted octanol–water partition coefficient (Wildman–Crippen LogP) is 4.60. The Morgan fingerprint density at radius 3 is 2.89 bits per heavy atom. The Morgan fingerprint density at radius 1 is 1.47 bits per heavy atom. The molecule has 0 heterocycles. The highest BCUT2D eigenvalue weighted by Crippen LogP contribution is 2.38. The van der Waals surface area contributed by atoms with Crippen LogP contribution in [0.1, 0.15) is 45.1 Å². The summed E-state index contributed by atoms with van der Waals surface area (Å²) >= 11 is 5.91. The molecular formula is C16H22ClFO. The van der Waals surface area contributed by atoms with Crippen LogP contribution in [0.2, 0.25) is 5.02 Å². The zero-order chi connectivity index (χ0) is 14.0. The maximum Gasteiger partial charge on any atom is 0.126 e. The first-order valence-corrected chi connectivity index (χ1v) is 7.44. The number of hydrogen-bond donors (Lipinski definition) is 1. The topological polar surface area (TPSA) is 20.2 Å². The fraction of sp³-hybridized carbons (Fsp3) is 0.625. The van der Waals surface area contributed by atoms with Gasteiger partial charge in [-0.1, -0.05) is 31.9 Å². The highest BCUT2D eigenvalue weighted by atomic mass is 35.5. The third kappa shape index (κ3) is 3.70. The largest absolute Gasteiger partial charge is 0.390 e. The third-order valence-electron chi connectivity index (χ3n) is 4.33. The molecule has 0 amide bonds. The van der Waals surface area contributed by atoms with Crippen LogP contribution in [0.15, 0.2) is 18.2 Å². The molecule has 1 aliphatic rings. The van der Waals surface area contributed by atoms with Crippen LogP contribution >= 0.6 is 11.6 Å². The van der Waals surface area contributed by atoms with Crippen molar-refractivity contribution in [2.75, 3.05) is 0 Å². The predicted molar refractivity (Wildman–Crippen MR) is 76.9 cm³/mol. The molecule has 0 radical (unpaired) electrons. The molecule has 0 saturated heterocycles. The highest BCUT2D eigenvalue weighted by Gasteiger charge is 2.36. The first kappa shape index (κ1) is 14.8. The van der Waals surface area contributed by atoms with E-state index in [2.05, 4.69) is 13.8 Å². The Kier molecular flexibility index (Phi) is 4.52. The van der Waals surface area contributed by atoms with Gasteiger partial charge in [-0.15, -0.1) is 0 Å². The van der Waals surface area contributed by atoms with E-state index < -0.39 is 5.60 Å². The Morgan fingerprint density at radius 2 is 2.21 bits per heavy atom. The molecule has 1 nitrogen and oxygen atoms in total. The van der Waals surface area contributed by atoms with Crippen LogP contribution in [-0.4, -0.2) is 10.7 Å². The van der Waals surface area contributed by atoms with Gasteiger partial charge in [0.15, 0.2) is 0 Å². The standard InChI is InChI=1S/C16H22ClFO/c1-11(2)12-4-3-7-16(19,9-12)10-13-8-14(17)5-6-15(13)18/h5-6,8,11-12,19H,3-4,7,9-10H2,1-2H3. The molecule has 0 aliphatic heterocycles. The maximum absolute atomic E-state index is 13.8. The summed E-state index contributed by atoms with van der Waals surface area (Å²) in [6, 6.07) is 4.56. The SMILES string of the molecule is CC(C)C1CCCC(O)(Cc2cc(Cl)ccc2F)C1. The van der Waals surface area contributed by atoms with Crippen molar-refractivity contribution in [3.63, 3.8) is 0 Å². The molecule has 2 unspecified atom stereocenters. The lowest BCUT2D eigenvalue weighted by Gasteiger charge is -2.38. The molecule has 1 N–H and O–H groups in total. The first-order chi connectivity index (χ1) is 8.89. The van der Waals surface area contributed by atoms with Crippen LogP contribution in [0.25, 0.3) is 0 Å². The van der Waals surface area contributed by atoms with Gasteiger partial charge in [-0.2, -0.15) is 0 Å². The molecule has 106 valence electrons. The van der Waals surface area contributed by atoms with E-state index in [1.165, 1.54) is 6.07 Å². The number of aliphatic hydroxyl groups is 1. The Hall–Kier alpha value is -0.600. The summed E-state index contributed by atoms with van der Waals surface area (Å²) in [4.78, 5) is 0. The minimum atomic E-state index is -0.779. The molecule has 0 spiro atoms. The zero-order valence-corrected chi connectivity index (χ0v) is 12.4. The summed E-state index contributed by atoms with van der Waals surface area (Å²) in [6.07, 6.45) is 4.06. The van der Waals surface area contributed by atoms with E-state index >= 15 is 0 Å². The number of rotatable bonds is 3. The maximum atomic E-state index is 13.8.